The van der Waals surface area contributed by atoms with E-state index >= 15 is 0 Å². The van der Waals surface area contributed by atoms with Crippen molar-refractivity contribution in [3.8, 4) is 0 Å². The summed E-state index contributed by atoms with van der Waals surface area (Å²) in [5.41, 5.74) is 2.31. The van der Waals surface area contributed by atoms with Gasteiger partial charge in [-0.2, -0.15) is 0 Å². The van der Waals surface area contributed by atoms with Crippen molar-refractivity contribution in [3.63, 3.8) is 0 Å². The van der Waals surface area contributed by atoms with Crippen molar-refractivity contribution in [2.75, 3.05) is 11.4 Å². The first-order valence-corrected chi connectivity index (χ1v) is 7.26. The maximum absolute atomic E-state index is 4.60. The largest absolute Gasteiger partial charge is 0.325 e. The lowest BCUT2D eigenvalue weighted by Crippen LogP contribution is -2.19. The lowest BCUT2D eigenvalue weighted by atomic mass is 10.2. The minimum absolute atomic E-state index is 0.799. The van der Waals surface area contributed by atoms with Gasteiger partial charge in [0.25, 0.3) is 0 Å². The molecule has 0 radical (unpaired) electrons. The molecule has 5 heteroatoms. The molecule has 0 amide bonds. The van der Waals surface area contributed by atoms with E-state index in [1.807, 2.05) is 25.3 Å². The van der Waals surface area contributed by atoms with E-state index in [1.54, 1.807) is 0 Å². The first-order valence-electron chi connectivity index (χ1n) is 6.46. The summed E-state index contributed by atoms with van der Waals surface area (Å²) in [4.78, 5) is 15.6. The molecule has 0 saturated carbocycles. The van der Waals surface area contributed by atoms with Gasteiger partial charge in [0.15, 0.2) is 0 Å². The minimum Gasteiger partial charge on any atom is -0.325 e. The molecule has 0 aromatic carbocycles. The van der Waals surface area contributed by atoms with Crippen molar-refractivity contribution >= 4 is 27.4 Å². The molecule has 0 unspecified atom stereocenters. The van der Waals surface area contributed by atoms with Gasteiger partial charge in [0.05, 0.1) is 11.4 Å². The Morgan fingerprint density at radius 1 is 1.16 bits per heavy atom. The van der Waals surface area contributed by atoms with E-state index in [2.05, 4.69) is 41.8 Å². The highest BCUT2D eigenvalue weighted by molar-refractivity contribution is 9.10. The predicted molar refractivity (Wildman–Crippen MR) is 78.7 cm³/mol. The summed E-state index contributed by atoms with van der Waals surface area (Å²) in [6.45, 7) is 2.90. The molecule has 0 N–H and O–H groups in total. The molecule has 4 nitrogen and oxygen atoms in total. The number of hydrogen-bond donors (Lipinski definition) is 0. The van der Waals surface area contributed by atoms with Crippen molar-refractivity contribution in [1.82, 2.24) is 15.0 Å². The van der Waals surface area contributed by atoms with Gasteiger partial charge >= 0.3 is 0 Å². The zero-order valence-corrected chi connectivity index (χ0v) is 12.4. The number of anilines is 2. The Morgan fingerprint density at radius 3 is 2.89 bits per heavy atom. The van der Waals surface area contributed by atoms with E-state index in [1.165, 1.54) is 5.69 Å². The van der Waals surface area contributed by atoms with Crippen LogP contribution in [-0.4, -0.2) is 21.5 Å². The van der Waals surface area contributed by atoms with E-state index in [0.29, 0.717) is 0 Å². The van der Waals surface area contributed by atoms with Crippen LogP contribution in [0.3, 0.4) is 0 Å². The molecule has 0 atom stereocenters. The Kier molecular flexibility index (Phi) is 3.46. The molecule has 98 valence electrons. The Balaban J connectivity index is 2.07. The van der Waals surface area contributed by atoms with E-state index in [9.17, 15) is 0 Å². The maximum atomic E-state index is 4.60. The summed E-state index contributed by atoms with van der Waals surface area (Å²) < 4.78 is 0.895. The van der Waals surface area contributed by atoms with Crippen molar-refractivity contribution in [3.05, 3.63) is 40.5 Å². The number of pyridine rings is 1. The second-order valence-corrected chi connectivity index (χ2v) is 5.48. The fourth-order valence-corrected chi connectivity index (χ4v) is 2.76. The standard InChI is InChI=1S/C14H15BrN4/c1-10-16-8-7-14(17-10)19-9-3-2-4-11-12(19)5-6-13(15)18-11/h5-8H,2-4,9H2,1H3. The Bertz CT molecular complexity index is 600. The third kappa shape index (κ3) is 2.61. The van der Waals surface area contributed by atoms with Gasteiger partial charge < -0.3 is 4.90 Å². The molecule has 1 aliphatic heterocycles. The van der Waals surface area contributed by atoms with Crippen molar-refractivity contribution < 1.29 is 0 Å². The molecule has 0 saturated heterocycles. The fraction of sp³-hybridized carbons (Fsp3) is 0.357. The van der Waals surface area contributed by atoms with Gasteiger partial charge in [0.1, 0.15) is 16.2 Å². The van der Waals surface area contributed by atoms with Crippen LogP contribution in [0.15, 0.2) is 29.0 Å². The fourth-order valence-electron chi connectivity index (χ4n) is 2.41. The van der Waals surface area contributed by atoms with Gasteiger partial charge in [0.2, 0.25) is 0 Å². The molecule has 0 spiro atoms. The van der Waals surface area contributed by atoms with Crippen molar-refractivity contribution in [1.29, 1.82) is 0 Å². The molecule has 0 bridgehead atoms. The third-order valence-electron chi connectivity index (χ3n) is 3.29. The summed E-state index contributed by atoms with van der Waals surface area (Å²) in [5, 5.41) is 0. The van der Waals surface area contributed by atoms with Crippen LogP contribution in [0.25, 0.3) is 0 Å². The average Bonchev–Trinajstić information content (AvgIpc) is 2.60. The molecule has 2 aromatic rings. The summed E-state index contributed by atoms with van der Waals surface area (Å²) >= 11 is 3.45. The lowest BCUT2D eigenvalue weighted by molar-refractivity contribution is 0.749. The number of nitrogens with zero attached hydrogens (tertiary/aromatic N) is 4. The second-order valence-electron chi connectivity index (χ2n) is 4.67. The Labute approximate surface area is 121 Å². The van der Waals surface area contributed by atoms with Crippen molar-refractivity contribution in [2.24, 2.45) is 0 Å². The first-order chi connectivity index (χ1) is 9.24. The summed E-state index contributed by atoms with van der Waals surface area (Å²) in [5.74, 6) is 1.76. The van der Waals surface area contributed by atoms with Gasteiger partial charge in [-0.05, 0) is 60.3 Å². The van der Waals surface area contributed by atoms with E-state index in [4.69, 9.17) is 0 Å². The maximum Gasteiger partial charge on any atom is 0.136 e. The van der Waals surface area contributed by atoms with Crippen LogP contribution >= 0.6 is 15.9 Å². The van der Waals surface area contributed by atoms with Crippen LogP contribution in [0.4, 0.5) is 11.5 Å². The number of aryl methyl sites for hydroxylation is 2. The topological polar surface area (TPSA) is 41.9 Å². The number of fused-ring (bicyclic) bond motifs is 1. The SMILES string of the molecule is Cc1nccc(N2CCCCc3nc(Br)ccc32)n1. The van der Waals surface area contributed by atoms with Gasteiger partial charge in [-0.1, -0.05) is 0 Å². The molecule has 3 rings (SSSR count). The summed E-state index contributed by atoms with van der Waals surface area (Å²) in [6.07, 6.45) is 5.15. The van der Waals surface area contributed by atoms with Gasteiger partial charge in [-0.25, -0.2) is 15.0 Å². The quantitative estimate of drug-likeness (QED) is 0.755. The third-order valence-corrected chi connectivity index (χ3v) is 3.73. The highest BCUT2D eigenvalue weighted by Crippen LogP contribution is 2.31. The number of halogens is 1. The van der Waals surface area contributed by atoms with E-state index in [0.717, 1.165) is 47.7 Å². The van der Waals surface area contributed by atoms with Gasteiger partial charge in [-0.15, -0.1) is 0 Å². The molecule has 0 aliphatic carbocycles. The molecule has 3 heterocycles. The summed E-state index contributed by atoms with van der Waals surface area (Å²) in [7, 11) is 0. The van der Waals surface area contributed by atoms with Gasteiger partial charge in [-0.3, -0.25) is 0 Å². The monoisotopic (exact) mass is 318 g/mol. The Morgan fingerprint density at radius 2 is 2.05 bits per heavy atom. The van der Waals surface area contributed by atoms with Crippen molar-refractivity contribution in [2.45, 2.75) is 26.2 Å². The predicted octanol–water partition coefficient (Wildman–Crippen LogP) is 3.42. The molecular formula is C14H15BrN4. The zero-order chi connectivity index (χ0) is 13.2. The molecule has 0 fully saturated rings. The molecular weight excluding hydrogens is 304 g/mol. The van der Waals surface area contributed by atoms with Crippen LogP contribution in [-0.2, 0) is 6.42 Å². The minimum atomic E-state index is 0.799. The molecule has 1 aliphatic rings. The number of aromatic nitrogens is 3. The highest BCUT2D eigenvalue weighted by atomic mass is 79.9. The highest BCUT2D eigenvalue weighted by Gasteiger charge is 2.19. The lowest BCUT2D eigenvalue weighted by Gasteiger charge is -2.23. The zero-order valence-electron chi connectivity index (χ0n) is 10.8. The van der Waals surface area contributed by atoms with Crippen LogP contribution in [0, 0.1) is 6.92 Å². The van der Waals surface area contributed by atoms with Crippen LogP contribution < -0.4 is 4.90 Å². The second kappa shape index (κ2) is 5.25. The van der Waals surface area contributed by atoms with Crippen LogP contribution in [0.5, 0.6) is 0 Å². The summed E-state index contributed by atoms with van der Waals surface area (Å²) in [6, 6.07) is 6.07. The Hall–Kier alpha value is -1.49. The van der Waals surface area contributed by atoms with Gasteiger partial charge in [0, 0.05) is 12.7 Å². The van der Waals surface area contributed by atoms with E-state index < -0.39 is 0 Å². The molecule has 2 aromatic heterocycles. The smallest absolute Gasteiger partial charge is 0.136 e. The first kappa shape index (κ1) is 12.5. The number of hydrogen-bond acceptors (Lipinski definition) is 4. The van der Waals surface area contributed by atoms with Crippen LogP contribution in [0.2, 0.25) is 0 Å². The normalized spacial score (nSPS) is 14.9. The molecule has 19 heavy (non-hydrogen) atoms. The number of rotatable bonds is 1. The van der Waals surface area contributed by atoms with Crippen LogP contribution in [0.1, 0.15) is 24.4 Å². The average molecular weight is 319 g/mol. The van der Waals surface area contributed by atoms with E-state index in [-0.39, 0.29) is 0 Å².